The maximum absolute atomic E-state index is 11.7. The van der Waals surface area contributed by atoms with Crippen LogP contribution in [-0.2, 0) is 4.57 Å². The summed E-state index contributed by atoms with van der Waals surface area (Å²) in [4.78, 5) is 33.2. The molecule has 0 fully saturated rings. The molecule has 0 aromatic heterocycles. The van der Waals surface area contributed by atoms with Gasteiger partial charge in [0.2, 0.25) is 0 Å². The summed E-state index contributed by atoms with van der Waals surface area (Å²) in [6.07, 6.45) is -0.0825. The first-order valence-corrected chi connectivity index (χ1v) is 6.10. The van der Waals surface area contributed by atoms with Crippen molar-refractivity contribution in [3.63, 3.8) is 0 Å². The first kappa shape index (κ1) is 10.9. The van der Waals surface area contributed by atoms with Gasteiger partial charge in [0.25, 0.3) is 11.8 Å². The Morgan fingerprint density at radius 2 is 1.62 bits per heavy atom. The smallest absolute Gasteiger partial charge is 0.270 e. The van der Waals surface area contributed by atoms with Crippen molar-refractivity contribution in [2.75, 3.05) is 12.7 Å². The molecule has 1 aliphatic heterocycles. The highest BCUT2D eigenvalue weighted by Crippen LogP contribution is 2.23. The molecule has 1 atom stereocenters. The number of nitrogens with zero attached hydrogens (tertiary/aromatic N) is 1. The highest BCUT2D eigenvalue weighted by molar-refractivity contribution is 7.38. The third-order valence-electron chi connectivity index (χ3n) is 2.39. The summed E-state index contributed by atoms with van der Waals surface area (Å²) in [5.74, 6) is -0.782. The molecule has 2 amide bonds. The SMILES string of the molecule is O=C1c2ccccc2C(=O)N1CC[P+](=O)O. The van der Waals surface area contributed by atoms with E-state index in [4.69, 9.17) is 4.89 Å². The molecule has 1 aliphatic rings. The van der Waals surface area contributed by atoms with Gasteiger partial charge in [0.05, 0.1) is 17.7 Å². The van der Waals surface area contributed by atoms with Crippen LogP contribution in [0.4, 0.5) is 0 Å². The van der Waals surface area contributed by atoms with Gasteiger partial charge in [0.1, 0.15) is 0 Å². The van der Waals surface area contributed by atoms with E-state index in [-0.39, 0.29) is 12.7 Å². The molecule has 2 rings (SSSR count). The van der Waals surface area contributed by atoms with Crippen molar-refractivity contribution >= 4 is 19.8 Å². The Kier molecular flexibility index (Phi) is 2.81. The Morgan fingerprint density at radius 3 is 2.06 bits per heavy atom. The summed E-state index contributed by atoms with van der Waals surface area (Å²) in [6, 6.07) is 6.52. The number of benzene rings is 1. The highest BCUT2D eigenvalue weighted by atomic mass is 31.1. The molecular formula is C10H9NO4P+. The number of imide groups is 1. The average Bonchev–Trinajstić information content (AvgIpc) is 2.50. The Morgan fingerprint density at radius 1 is 1.12 bits per heavy atom. The monoisotopic (exact) mass is 238 g/mol. The lowest BCUT2D eigenvalue weighted by Gasteiger charge is -2.09. The third kappa shape index (κ3) is 1.75. The minimum absolute atomic E-state index is 0.0158. The van der Waals surface area contributed by atoms with Crippen LogP contribution in [0.1, 0.15) is 20.7 Å². The second-order valence-electron chi connectivity index (χ2n) is 3.38. The summed E-state index contributed by atoms with van der Waals surface area (Å²) in [5.41, 5.74) is 0.723. The quantitative estimate of drug-likeness (QED) is 0.630. The van der Waals surface area contributed by atoms with Gasteiger partial charge in [-0.1, -0.05) is 12.1 Å². The largest absolute Gasteiger partial charge is 0.507 e. The topological polar surface area (TPSA) is 74.7 Å². The molecule has 0 saturated carbocycles. The Hall–Kier alpha value is -1.58. The molecule has 0 bridgehead atoms. The van der Waals surface area contributed by atoms with E-state index in [0.717, 1.165) is 4.90 Å². The van der Waals surface area contributed by atoms with Crippen LogP contribution in [0.5, 0.6) is 0 Å². The van der Waals surface area contributed by atoms with E-state index in [1.54, 1.807) is 24.3 Å². The molecular weight excluding hydrogens is 229 g/mol. The van der Waals surface area contributed by atoms with Crippen LogP contribution < -0.4 is 0 Å². The lowest BCUT2D eigenvalue weighted by molar-refractivity contribution is 0.0664. The summed E-state index contributed by atoms with van der Waals surface area (Å²) in [5, 5.41) is 0. The molecule has 6 heteroatoms. The van der Waals surface area contributed by atoms with E-state index >= 15 is 0 Å². The maximum Gasteiger partial charge on any atom is 0.507 e. The van der Waals surface area contributed by atoms with Gasteiger partial charge in [0, 0.05) is 0 Å². The molecule has 5 nitrogen and oxygen atoms in total. The van der Waals surface area contributed by atoms with Crippen molar-refractivity contribution in [3.8, 4) is 0 Å². The van der Waals surface area contributed by atoms with Gasteiger partial charge in [-0.05, 0) is 16.7 Å². The molecule has 1 aromatic rings. The number of rotatable bonds is 3. The van der Waals surface area contributed by atoms with Crippen LogP contribution in [0, 0.1) is 0 Å². The molecule has 0 aliphatic carbocycles. The number of carbonyl (C=O) groups excluding carboxylic acids is 2. The average molecular weight is 238 g/mol. The number of carbonyl (C=O) groups is 2. The molecule has 0 saturated heterocycles. The van der Waals surface area contributed by atoms with Crippen LogP contribution in [-0.4, -0.2) is 34.3 Å². The van der Waals surface area contributed by atoms with Crippen molar-refractivity contribution in [2.24, 2.45) is 0 Å². The lowest BCUT2D eigenvalue weighted by atomic mass is 10.1. The van der Waals surface area contributed by atoms with Crippen LogP contribution in [0.3, 0.4) is 0 Å². The molecule has 1 unspecified atom stereocenters. The van der Waals surface area contributed by atoms with Crippen LogP contribution in [0.25, 0.3) is 0 Å². The fraction of sp³-hybridized carbons (Fsp3) is 0.200. The van der Waals surface area contributed by atoms with Crippen LogP contribution in [0.15, 0.2) is 24.3 Å². The summed E-state index contributed by atoms with van der Waals surface area (Å²) in [6.45, 7) is -0.0158. The lowest BCUT2D eigenvalue weighted by Crippen LogP contribution is -2.31. The van der Waals surface area contributed by atoms with E-state index in [1.165, 1.54) is 0 Å². The fourth-order valence-electron chi connectivity index (χ4n) is 1.63. The first-order chi connectivity index (χ1) is 7.61. The minimum Gasteiger partial charge on any atom is -0.270 e. The van der Waals surface area contributed by atoms with E-state index < -0.39 is 19.8 Å². The zero-order valence-electron chi connectivity index (χ0n) is 8.29. The van der Waals surface area contributed by atoms with Crippen molar-refractivity contribution in [2.45, 2.75) is 0 Å². The van der Waals surface area contributed by atoms with Gasteiger partial charge >= 0.3 is 8.03 Å². The van der Waals surface area contributed by atoms with Crippen molar-refractivity contribution in [3.05, 3.63) is 35.4 Å². The Balaban J connectivity index is 2.25. The predicted octanol–water partition coefficient (Wildman–Crippen LogP) is 1.02. The van der Waals surface area contributed by atoms with Crippen LogP contribution in [0.2, 0.25) is 0 Å². The van der Waals surface area contributed by atoms with Gasteiger partial charge in [-0.2, -0.15) is 4.89 Å². The molecule has 16 heavy (non-hydrogen) atoms. The van der Waals surface area contributed by atoms with Gasteiger partial charge in [0.15, 0.2) is 6.16 Å². The number of amides is 2. The first-order valence-electron chi connectivity index (χ1n) is 4.70. The van der Waals surface area contributed by atoms with E-state index in [2.05, 4.69) is 0 Å². The molecule has 82 valence electrons. The second kappa shape index (κ2) is 4.12. The Labute approximate surface area is 92.6 Å². The van der Waals surface area contributed by atoms with Crippen molar-refractivity contribution in [1.29, 1.82) is 0 Å². The molecule has 1 aromatic carbocycles. The third-order valence-corrected chi connectivity index (χ3v) is 2.98. The standard InChI is InChI=1S/C10H8NO4P/c12-9-7-3-1-2-4-8(7)10(13)11(9)5-6-16(14)15/h1-4H,5-6H2/p+1. The summed E-state index contributed by atoms with van der Waals surface area (Å²) >= 11 is 0. The second-order valence-corrected chi connectivity index (χ2v) is 4.53. The molecule has 0 spiro atoms. The molecule has 1 N–H and O–H groups in total. The van der Waals surface area contributed by atoms with Gasteiger partial charge in [-0.3, -0.25) is 14.5 Å². The number of hydrogen-bond donors (Lipinski definition) is 1. The summed E-state index contributed by atoms with van der Waals surface area (Å²) < 4.78 is 10.5. The zero-order chi connectivity index (χ0) is 11.7. The minimum atomic E-state index is -2.33. The highest BCUT2D eigenvalue weighted by Gasteiger charge is 2.36. The van der Waals surface area contributed by atoms with Crippen LogP contribution >= 0.6 is 8.03 Å². The van der Waals surface area contributed by atoms with Gasteiger partial charge in [-0.25, -0.2) is 0 Å². The Bertz CT molecular complexity index is 450. The maximum atomic E-state index is 11.7. The van der Waals surface area contributed by atoms with Gasteiger partial charge < -0.3 is 0 Å². The van der Waals surface area contributed by atoms with E-state index in [9.17, 15) is 14.2 Å². The molecule has 1 heterocycles. The number of hydrogen-bond acceptors (Lipinski definition) is 3. The number of fused-ring (bicyclic) bond motifs is 1. The van der Waals surface area contributed by atoms with Crippen molar-refractivity contribution < 1.29 is 19.0 Å². The zero-order valence-corrected chi connectivity index (χ0v) is 9.18. The summed E-state index contributed by atoms with van der Waals surface area (Å²) in [7, 11) is -2.33. The van der Waals surface area contributed by atoms with E-state index in [0.29, 0.717) is 11.1 Å². The normalized spacial score (nSPS) is 15.3. The molecule has 0 radical (unpaired) electrons. The predicted molar refractivity (Wildman–Crippen MR) is 56.5 cm³/mol. The fourth-order valence-corrected chi connectivity index (χ4v) is 2.00. The van der Waals surface area contributed by atoms with E-state index in [1.807, 2.05) is 0 Å². The van der Waals surface area contributed by atoms with Crippen molar-refractivity contribution in [1.82, 2.24) is 4.90 Å². The van der Waals surface area contributed by atoms with Gasteiger partial charge in [-0.15, -0.1) is 0 Å².